The molecule has 1 atom stereocenters. The zero-order valence-corrected chi connectivity index (χ0v) is 21.4. The number of nitrogen functional groups attached to an aromatic ring is 1. The van der Waals surface area contributed by atoms with Crippen molar-refractivity contribution >= 4 is 57.9 Å². The van der Waals surface area contributed by atoms with E-state index in [1.165, 1.54) is 23.3 Å². The summed E-state index contributed by atoms with van der Waals surface area (Å²) in [6.45, 7) is 3.23. The van der Waals surface area contributed by atoms with Crippen molar-refractivity contribution < 1.29 is 28.7 Å². The number of benzene rings is 1. The number of anilines is 2. The number of nitrogens with zero attached hydrogens (tertiary/aromatic N) is 2. The Hall–Kier alpha value is -3.97. The molecule has 36 heavy (non-hydrogen) atoms. The molecule has 3 amide bonds. The fourth-order valence-corrected chi connectivity index (χ4v) is 4.94. The number of nitrogens with two attached hydrogens (primary N) is 2. The number of rotatable bonds is 10. The van der Waals surface area contributed by atoms with Gasteiger partial charge in [0.1, 0.15) is 17.2 Å². The molecule has 13 heteroatoms. The van der Waals surface area contributed by atoms with E-state index in [0.29, 0.717) is 22.2 Å². The van der Waals surface area contributed by atoms with Crippen molar-refractivity contribution in [3.05, 3.63) is 56.7 Å². The van der Waals surface area contributed by atoms with Crippen molar-refractivity contribution in [2.75, 3.05) is 30.9 Å². The summed E-state index contributed by atoms with van der Waals surface area (Å²) in [5, 5.41) is 4.30. The predicted octanol–water partition coefficient (Wildman–Crippen LogP) is 2.27. The number of esters is 1. The minimum absolute atomic E-state index is 0.0768. The third-order valence-electron chi connectivity index (χ3n) is 5.00. The Morgan fingerprint density at radius 1 is 1.22 bits per heavy atom. The maximum absolute atomic E-state index is 14.0. The van der Waals surface area contributed by atoms with Crippen LogP contribution in [0.5, 0.6) is 5.75 Å². The first-order valence-corrected chi connectivity index (χ1v) is 12.3. The Bertz CT molecular complexity index is 1270. The molecule has 0 aliphatic rings. The van der Waals surface area contributed by atoms with Gasteiger partial charge < -0.3 is 26.3 Å². The minimum Gasteiger partial charge on any atom is -0.495 e. The van der Waals surface area contributed by atoms with Gasteiger partial charge in [0.05, 0.1) is 25.1 Å². The third-order valence-corrected chi connectivity index (χ3v) is 6.78. The lowest BCUT2D eigenvalue weighted by molar-refractivity contribution is -0.143. The number of methoxy groups -OCH3 is 1. The number of hydrogen-bond acceptors (Lipinski definition) is 10. The summed E-state index contributed by atoms with van der Waals surface area (Å²) < 4.78 is 14.3. The number of aromatic nitrogens is 1. The zero-order chi connectivity index (χ0) is 26.4. The standard InChI is InChI=1S/C23H25N5O6S2/c1-4-34-16(29)11-26-22(31)19(15-6-5-9-35-15)28(13-10-12(2)7-8-14(13)33-3)23(32)20-17(24)18(21(25)30)27-36-20/h5-10,19H,4,11,24H2,1-3H3,(H2,25,30)(H,26,31). The van der Waals surface area contributed by atoms with Gasteiger partial charge in [-0.1, -0.05) is 12.1 Å². The first-order chi connectivity index (χ1) is 17.2. The van der Waals surface area contributed by atoms with Crippen molar-refractivity contribution in [3.8, 4) is 5.75 Å². The van der Waals surface area contributed by atoms with Crippen LogP contribution in [0.3, 0.4) is 0 Å². The molecule has 0 spiro atoms. The van der Waals surface area contributed by atoms with Crippen molar-refractivity contribution in [2.24, 2.45) is 5.73 Å². The number of carbonyl (C=O) groups is 4. The summed E-state index contributed by atoms with van der Waals surface area (Å²) in [5.41, 5.74) is 12.0. The van der Waals surface area contributed by atoms with E-state index in [2.05, 4.69) is 9.69 Å². The average molecular weight is 532 g/mol. The quantitative estimate of drug-likeness (QED) is 0.335. The van der Waals surface area contributed by atoms with Crippen LogP contribution in [0, 0.1) is 6.92 Å². The van der Waals surface area contributed by atoms with Crippen molar-refractivity contribution in [1.29, 1.82) is 0 Å². The van der Waals surface area contributed by atoms with Crippen LogP contribution in [-0.2, 0) is 14.3 Å². The third kappa shape index (κ3) is 5.63. The molecule has 3 aromatic rings. The van der Waals surface area contributed by atoms with Crippen LogP contribution in [0.4, 0.5) is 11.4 Å². The van der Waals surface area contributed by atoms with E-state index < -0.39 is 36.3 Å². The number of primary amides is 1. The molecule has 0 aliphatic carbocycles. The highest BCUT2D eigenvalue weighted by Gasteiger charge is 2.38. The SMILES string of the molecule is CCOC(=O)CNC(=O)C(c1cccs1)N(C(=O)c1snc(C(N)=O)c1N)c1cc(C)ccc1OC. The Morgan fingerprint density at radius 3 is 2.56 bits per heavy atom. The normalized spacial score (nSPS) is 11.4. The first-order valence-electron chi connectivity index (χ1n) is 10.7. The van der Waals surface area contributed by atoms with Crippen molar-refractivity contribution in [3.63, 3.8) is 0 Å². The molecule has 3 rings (SSSR count). The molecule has 0 saturated carbocycles. The van der Waals surface area contributed by atoms with Gasteiger partial charge in [0.2, 0.25) is 5.91 Å². The fraction of sp³-hybridized carbons (Fsp3) is 0.261. The smallest absolute Gasteiger partial charge is 0.325 e. The van der Waals surface area contributed by atoms with Gasteiger partial charge in [0.25, 0.3) is 11.8 Å². The van der Waals surface area contributed by atoms with Crippen LogP contribution in [0.15, 0.2) is 35.7 Å². The molecule has 1 unspecified atom stereocenters. The highest BCUT2D eigenvalue weighted by Crippen LogP contribution is 2.39. The molecule has 190 valence electrons. The summed E-state index contributed by atoms with van der Waals surface area (Å²) in [6.07, 6.45) is 0. The molecule has 0 bridgehead atoms. The van der Waals surface area contributed by atoms with Gasteiger partial charge in [-0.05, 0) is 54.5 Å². The number of nitrogens with one attached hydrogen (secondary N) is 1. The lowest BCUT2D eigenvalue weighted by atomic mass is 10.1. The molecule has 11 nitrogen and oxygen atoms in total. The highest BCUT2D eigenvalue weighted by atomic mass is 32.1. The van der Waals surface area contributed by atoms with Crippen LogP contribution in [0.1, 0.15) is 43.6 Å². The lowest BCUT2D eigenvalue weighted by Gasteiger charge is -2.31. The fourth-order valence-electron chi connectivity index (χ4n) is 3.38. The van der Waals surface area contributed by atoms with Crippen molar-refractivity contribution in [2.45, 2.75) is 19.9 Å². The summed E-state index contributed by atoms with van der Waals surface area (Å²) in [6, 6.07) is 7.33. The molecule has 0 fully saturated rings. The molecule has 0 saturated heterocycles. The first kappa shape index (κ1) is 26.6. The monoisotopic (exact) mass is 531 g/mol. The number of hydrogen-bond donors (Lipinski definition) is 3. The zero-order valence-electron chi connectivity index (χ0n) is 19.8. The molecule has 1 aromatic carbocycles. The van der Waals surface area contributed by atoms with Crippen LogP contribution < -0.4 is 26.4 Å². The molecule has 2 heterocycles. The van der Waals surface area contributed by atoms with E-state index in [9.17, 15) is 19.2 Å². The van der Waals surface area contributed by atoms with E-state index in [1.54, 1.807) is 42.6 Å². The summed E-state index contributed by atoms with van der Waals surface area (Å²) in [5.74, 6) is -2.54. The van der Waals surface area contributed by atoms with Gasteiger partial charge in [-0.15, -0.1) is 11.3 Å². The average Bonchev–Trinajstić information content (AvgIpc) is 3.50. The Kier molecular flexibility index (Phi) is 8.61. The second-order valence-corrected chi connectivity index (χ2v) is 9.18. The molecule has 5 N–H and O–H groups in total. The van der Waals surface area contributed by atoms with E-state index in [-0.39, 0.29) is 28.6 Å². The van der Waals surface area contributed by atoms with E-state index >= 15 is 0 Å². The Morgan fingerprint density at radius 2 is 1.97 bits per heavy atom. The Balaban J connectivity index is 2.18. The largest absolute Gasteiger partial charge is 0.495 e. The summed E-state index contributed by atoms with van der Waals surface area (Å²) in [7, 11) is 1.43. The van der Waals surface area contributed by atoms with E-state index in [0.717, 1.165) is 5.56 Å². The number of aryl methyl sites for hydroxylation is 1. The van der Waals surface area contributed by atoms with E-state index in [1.807, 2.05) is 6.92 Å². The summed E-state index contributed by atoms with van der Waals surface area (Å²) >= 11 is 1.94. The second kappa shape index (κ2) is 11.6. The van der Waals surface area contributed by atoms with Crippen LogP contribution in [0.25, 0.3) is 0 Å². The minimum atomic E-state index is -1.22. The number of carbonyl (C=O) groups excluding carboxylic acids is 4. The topological polar surface area (TPSA) is 167 Å². The molecular weight excluding hydrogens is 506 g/mol. The van der Waals surface area contributed by atoms with Crippen molar-refractivity contribution in [1.82, 2.24) is 9.69 Å². The number of amides is 3. The van der Waals surface area contributed by atoms with Crippen LogP contribution in [0.2, 0.25) is 0 Å². The lowest BCUT2D eigenvalue weighted by Crippen LogP contribution is -2.45. The van der Waals surface area contributed by atoms with Gasteiger partial charge in [-0.2, -0.15) is 4.37 Å². The molecule has 0 radical (unpaired) electrons. The molecule has 0 aliphatic heterocycles. The Labute approximate surface area is 215 Å². The maximum atomic E-state index is 14.0. The van der Waals surface area contributed by atoms with Gasteiger partial charge in [-0.3, -0.25) is 24.1 Å². The number of thiophene rings is 1. The molecule has 2 aromatic heterocycles. The number of ether oxygens (including phenoxy) is 2. The van der Waals surface area contributed by atoms with Gasteiger partial charge in [-0.25, -0.2) is 0 Å². The highest BCUT2D eigenvalue weighted by molar-refractivity contribution is 7.10. The van der Waals surface area contributed by atoms with Crippen LogP contribution in [-0.4, -0.2) is 48.3 Å². The van der Waals surface area contributed by atoms with E-state index in [4.69, 9.17) is 20.9 Å². The van der Waals surface area contributed by atoms with Gasteiger partial charge >= 0.3 is 5.97 Å². The van der Waals surface area contributed by atoms with Crippen LogP contribution >= 0.6 is 22.9 Å². The summed E-state index contributed by atoms with van der Waals surface area (Å²) in [4.78, 5) is 52.8. The molecular formula is C23H25N5O6S2. The predicted molar refractivity (Wildman–Crippen MR) is 136 cm³/mol. The van der Waals surface area contributed by atoms with Gasteiger partial charge in [0.15, 0.2) is 11.7 Å². The van der Waals surface area contributed by atoms with Gasteiger partial charge in [0, 0.05) is 4.88 Å². The maximum Gasteiger partial charge on any atom is 0.325 e. The second-order valence-electron chi connectivity index (χ2n) is 7.43.